The van der Waals surface area contributed by atoms with Crippen molar-refractivity contribution in [2.45, 2.75) is 82.3 Å². The first-order chi connectivity index (χ1) is 7.75. The van der Waals surface area contributed by atoms with Crippen molar-refractivity contribution in [1.29, 1.82) is 0 Å². The minimum Gasteiger partial charge on any atom is -0.300 e. The van der Waals surface area contributed by atoms with Crippen LogP contribution in [0.1, 0.15) is 64.7 Å². The molecule has 16 heavy (non-hydrogen) atoms. The van der Waals surface area contributed by atoms with E-state index in [1.165, 1.54) is 44.9 Å². The molecule has 1 aliphatic carbocycles. The van der Waals surface area contributed by atoms with Gasteiger partial charge in [0.15, 0.2) is 0 Å². The Labute approximate surface area is 98.4 Å². The van der Waals surface area contributed by atoms with Crippen LogP contribution in [0, 0.1) is 0 Å². The normalized spacial score (nSPS) is 38.2. The van der Waals surface area contributed by atoms with E-state index in [-0.39, 0.29) is 0 Å². The maximum absolute atomic E-state index is 11.7. The van der Waals surface area contributed by atoms with E-state index in [4.69, 9.17) is 0 Å². The van der Waals surface area contributed by atoms with Crippen LogP contribution in [0.15, 0.2) is 0 Å². The topological polar surface area (TPSA) is 20.3 Å². The largest absolute Gasteiger partial charge is 0.300 e. The Balaban J connectivity index is 1.85. The van der Waals surface area contributed by atoms with Gasteiger partial charge in [0, 0.05) is 30.5 Å². The molecule has 0 aromatic heterocycles. The molecule has 0 N–H and O–H groups in total. The molecule has 0 radical (unpaired) electrons. The standard InChI is InChI=1S/C14H23NO/c1-2-14(7-4-8-14)15-11-5-3-6-12(15)10-13(16)9-11/h11-12H,2-10H2,1H3. The lowest BCUT2D eigenvalue weighted by molar-refractivity contribution is -0.138. The molecule has 2 heteroatoms. The third-order valence-electron chi connectivity index (χ3n) is 5.28. The number of hydrogen-bond donors (Lipinski definition) is 0. The van der Waals surface area contributed by atoms with Crippen LogP contribution in [0.2, 0.25) is 0 Å². The highest BCUT2D eigenvalue weighted by Crippen LogP contribution is 2.48. The van der Waals surface area contributed by atoms with Crippen LogP contribution in [0.25, 0.3) is 0 Å². The van der Waals surface area contributed by atoms with Crippen LogP contribution < -0.4 is 0 Å². The molecule has 2 aliphatic heterocycles. The number of Topliss-reactive ketones (excluding diaryl/α,β-unsaturated/α-hetero) is 1. The Morgan fingerprint density at radius 2 is 1.81 bits per heavy atom. The molecular weight excluding hydrogens is 198 g/mol. The van der Waals surface area contributed by atoms with Crippen LogP contribution in [0.3, 0.4) is 0 Å². The lowest BCUT2D eigenvalue weighted by atomic mass is 9.68. The van der Waals surface area contributed by atoms with Crippen molar-refractivity contribution < 1.29 is 4.79 Å². The number of nitrogens with zero attached hydrogens (tertiary/aromatic N) is 1. The van der Waals surface area contributed by atoms with Gasteiger partial charge in [0.25, 0.3) is 0 Å². The second-order valence-corrected chi connectivity index (χ2v) is 6.02. The smallest absolute Gasteiger partial charge is 0.136 e. The lowest BCUT2D eigenvalue weighted by Gasteiger charge is -2.59. The Morgan fingerprint density at radius 1 is 1.19 bits per heavy atom. The fourth-order valence-corrected chi connectivity index (χ4v) is 4.33. The van der Waals surface area contributed by atoms with E-state index in [1.54, 1.807) is 0 Å². The van der Waals surface area contributed by atoms with Crippen molar-refractivity contribution in [1.82, 2.24) is 4.90 Å². The maximum atomic E-state index is 11.7. The number of carbonyl (C=O) groups excluding carboxylic acids is 1. The van der Waals surface area contributed by atoms with Gasteiger partial charge in [-0.05, 0) is 38.5 Å². The van der Waals surface area contributed by atoms with Gasteiger partial charge in [-0.25, -0.2) is 0 Å². The van der Waals surface area contributed by atoms with Gasteiger partial charge in [0.05, 0.1) is 0 Å². The van der Waals surface area contributed by atoms with Crippen LogP contribution in [0.5, 0.6) is 0 Å². The molecular formula is C14H23NO. The summed E-state index contributed by atoms with van der Waals surface area (Å²) in [5.41, 5.74) is 0.496. The minimum absolute atomic E-state index is 0.496. The van der Waals surface area contributed by atoms with E-state index in [0.29, 0.717) is 23.4 Å². The Bertz CT molecular complexity index is 274. The van der Waals surface area contributed by atoms with Crippen molar-refractivity contribution >= 4 is 5.78 Å². The number of piperidine rings is 2. The summed E-state index contributed by atoms with van der Waals surface area (Å²) in [6.45, 7) is 2.34. The van der Waals surface area contributed by atoms with Crippen LogP contribution in [-0.2, 0) is 4.79 Å². The molecule has 0 spiro atoms. The van der Waals surface area contributed by atoms with Gasteiger partial charge < -0.3 is 0 Å². The first kappa shape index (κ1) is 10.8. The van der Waals surface area contributed by atoms with Crippen molar-refractivity contribution in [3.63, 3.8) is 0 Å². The molecule has 0 aromatic carbocycles. The van der Waals surface area contributed by atoms with Gasteiger partial charge in [-0.3, -0.25) is 9.69 Å². The number of carbonyl (C=O) groups is 1. The predicted octanol–water partition coefficient (Wildman–Crippen LogP) is 2.91. The molecule has 2 atom stereocenters. The molecule has 0 aromatic rings. The number of fused-ring (bicyclic) bond motifs is 2. The SMILES string of the molecule is CCC1(N2C3CCCC2CC(=O)C3)CCC1. The number of ketones is 1. The first-order valence-corrected chi connectivity index (χ1v) is 7.05. The second kappa shape index (κ2) is 3.83. The maximum Gasteiger partial charge on any atom is 0.136 e. The van der Waals surface area contributed by atoms with E-state index in [9.17, 15) is 4.79 Å². The minimum atomic E-state index is 0.496. The van der Waals surface area contributed by atoms with E-state index >= 15 is 0 Å². The van der Waals surface area contributed by atoms with Crippen molar-refractivity contribution in [3.8, 4) is 0 Å². The van der Waals surface area contributed by atoms with Crippen LogP contribution in [-0.4, -0.2) is 28.3 Å². The second-order valence-electron chi connectivity index (χ2n) is 6.02. The summed E-state index contributed by atoms with van der Waals surface area (Å²) in [6.07, 6.45) is 11.0. The molecule has 2 bridgehead atoms. The molecule has 2 nitrogen and oxygen atoms in total. The monoisotopic (exact) mass is 221 g/mol. The zero-order valence-electron chi connectivity index (χ0n) is 10.4. The summed E-state index contributed by atoms with van der Waals surface area (Å²) in [6, 6.07) is 1.19. The Morgan fingerprint density at radius 3 is 2.25 bits per heavy atom. The number of rotatable bonds is 2. The Kier molecular flexibility index (Phi) is 2.58. The quantitative estimate of drug-likeness (QED) is 0.714. The van der Waals surface area contributed by atoms with Crippen molar-refractivity contribution in [2.75, 3.05) is 0 Å². The first-order valence-electron chi connectivity index (χ1n) is 7.05. The molecule has 3 rings (SSSR count). The van der Waals surface area contributed by atoms with Crippen LogP contribution in [0.4, 0.5) is 0 Å². The van der Waals surface area contributed by atoms with Gasteiger partial charge in [0.2, 0.25) is 0 Å². The summed E-state index contributed by atoms with van der Waals surface area (Å²) in [4.78, 5) is 14.5. The summed E-state index contributed by atoms with van der Waals surface area (Å²) in [5.74, 6) is 0.525. The zero-order chi connectivity index (χ0) is 11.2. The highest BCUT2D eigenvalue weighted by molar-refractivity contribution is 5.80. The van der Waals surface area contributed by atoms with Crippen molar-refractivity contribution in [3.05, 3.63) is 0 Å². The predicted molar refractivity (Wildman–Crippen MR) is 64.4 cm³/mol. The number of hydrogen-bond acceptors (Lipinski definition) is 2. The van der Waals surface area contributed by atoms with Crippen molar-refractivity contribution in [2.24, 2.45) is 0 Å². The van der Waals surface area contributed by atoms with Gasteiger partial charge in [-0.15, -0.1) is 0 Å². The fourth-order valence-electron chi connectivity index (χ4n) is 4.33. The summed E-state index contributed by atoms with van der Waals surface area (Å²) in [5, 5.41) is 0. The lowest BCUT2D eigenvalue weighted by Crippen LogP contribution is -2.65. The highest BCUT2D eigenvalue weighted by Gasteiger charge is 2.50. The molecule has 1 saturated carbocycles. The molecule has 3 aliphatic rings. The summed E-state index contributed by atoms with van der Waals surface area (Å²) in [7, 11) is 0. The molecule has 2 saturated heterocycles. The van der Waals surface area contributed by atoms with E-state index in [2.05, 4.69) is 11.8 Å². The van der Waals surface area contributed by atoms with E-state index < -0.39 is 0 Å². The fraction of sp³-hybridized carbons (Fsp3) is 0.929. The summed E-state index contributed by atoms with van der Waals surface area (Å²) < 4.78 is 0. The van der Waals surface area contributed by atoms with Crippen LogP contribution >= 0.6 is 0 Å². The van der Waals surface area contributed by atoms with E-state index in [1.807, 2.05) is 0 Å². The van der Waals surface area contributed by atoms with Gasteiger partial charge in [-0.2, -0.15) is 0 Å². The summed E-state index contributed by atoms with van der Waals surface area (Å²) >= 11 is 0. The zero-order valence-corrected chi connectivity index (χ0v) is 10.4. The van der Waals surface area contributed by atoms with Gasteiger partial charge >= 0.3 is 0 Å². The highest BCUT2D eigenvalue weighted by atomic mass is 16.1. The third kappa shape index (κ3) is 1.46. The van der Waals surface area contributed by atoms with Gasteiger partial charge in [-0.1, -0.05) is 13.3 Å². The molecule has 2 heterocycles. The van der Waals surface area contributed by atoms with E-state index in [0.717, 1.165) is 12.8 Å². The molecule has 0 amide bonds. The molecule has 90 valence electrons. The Hall–Kier alpha value is -0.370. The average Bonchev–Trinajstić information content (AvgIpc) is 2.17. The molecule has 3 fully saturated rings. The third-order valence-corrected chi connectivity index (χ3v) is 5.28. The molecule has 2 unspecified atom stereocenters. The average molecular weight is 221 g/mol. The van der Waals surface area contributed by atoms with Gasteiger partial charge in [0.1, 0.15) is 5.78 Å².